The Bertz CT molecular complexity index is 264. The Morgan fingerprint density at radius 2 is 2.08 bits per heavy atom. The van der Waals surface area contributed by atoms with Crippen molar-refractivity contribution in [1.29, 1.82) is 0 Å². The van der Waals surface area contributed by atoms with Crippen molar-refractivity contribution < 1.29 is 9.63 Å². The molecule has 0 saturated carbocycles. The van der Waals surface area contributed by atoms with Crippen molar-refractivity contribution in [2.24, 2.45) is 0 Å². The molecule has 0 bridgehead atoms. The number of nitrogens with one attached hydrogen (secondary N) is 1. The zero-order chi connectivity index (χ0) is 9.52. The van der Waals surface area contributed by atoms with Crippen molar-refractivity contribution in [3.8, 4) is 0 Å². The maximum Gasteiger partial charge on any atom is 0.356 e. The molecule has 0 aliphatic rings. The summed E-state index contributed by atoms with van der Waals surface area (Å²) >= 11 is 3.20. The second kappa shape index (κ2) is 5.72. The van der Waals surface area contributed by atoms with Gasteiger partial charge in [-0.15, -0.1) is 0 Å². The summed E-state index contributed by atoms with van der Waals surface area (Å²) < 4.78 is 0. The molecule has 4 heteroatoms. The summed E-state index contributed by atoms with van der Waals surface area (Å²) in [5, 5.41) is 0.745. The largest absolute Gasteiger partial charge is 0.367 e. The standard InChI is InChI=1S/C9H10BrNO2/c10-6-7-11-13-9(12)8-4-2-1-3-5-8/h1-5,11H,6-7H2. The number of halogens is 1. The van der Waals surface area contributed by atoms with E-state index in [2.05, 4.69) is 21.4 Å². The Kier molecular flexibility index (Phi) is 4.49. The van der Waals surface area contributed by atoms with Gasteiger partial charge in [0.2, 0.25) is 0 Å². The first-order chi connectivity index (χ1) is 6.34. The fourth-order valence-corrected chi connectivity index (χ4v) is 0.950. The number of rotatable bonds is 4. The molecule has 0 unspecified atom stereocenters. The van der Waals surface area contributed by atoms with E-state index in [1.807, 2.05) is 6.07 Å². The van der Waals surface area contributed by atoms with Crippen molar-refractivity contribution >= 4 is 21.9 Å². The van der Waals surface area contributed by atoms with Gasteiger partial charge in [0.25, 0.3) is 0 Å². The zero-order valence-electron chi connectivity index (χ0n) is 7.00. The first-order valence-corrected chi connectivity index (χ1v) is 5.02. The van der Waals surface area contributed by atoms with Gasteiger partial charge in [-0.2, -0.15) is 5.48 Å². The average molecular weight is 244 g/mol. The number of alkyl halides is 1. The molecule has 3 nitrogen and oxygen atoms in total. The minimum absolute atomic E-state index is 0.360. The normalized spacial score (nSPS) is 9.62. The molecule has 0 fully saturated rings. The molecule has 1 rings (SSSR count). The summed E-state index contributed by atoms with van der Waals surface area (Å²) in [4.78, 5) is 16.0. The van der Waals surface area contributed by atoms with Crippen molar-refractivity contribution in [1.82, 2.24) is 5.48 Å². The van der Waals surface area contributed by atoms with Crippen LogP contribution in [0.1, 0.15) is 10.4 Å². The van der Waals surface area contributed by atoms with Crippen LogP contribution in [0.2, 0.25) is 0 Å². The van der Waals surface area contributed by atoms with Crippen molar-refractivity contribution in [3.63, 3.8) is 0 Å². The van der Waals surface area contributed by atoms with Crippen LogP contribution in [0, 0.1) is 0 Å². The van der Waals surface area contributed by atoms with Crippen LogP contribution in [0.5, 0.6) is 0 Å². The molecular weight excluding hydrogens is 234 g/mol. The van der Waals surface area contributed by atoms with Crippen LogP contribution in [0.4, 0.5) is 0 Å². The lowest BCUT2D eigenvalue weighted by Crippen LogP contribution is -2.21. The Hall–Kier alpha value is -0.870. The van der Waals surface area contributed by atoms with E-state index in [1.54, 1.807) is 24.3 Å². The Morgan fingerprint density at radius 3 is 2.69 bits per heavy atom. The van der Waals surface area contributed by atoms with Crippen LogP contribution in [0.25, 0.3) is 0 Å². The van der Waals surface area contributed by atoms with Crippen LogP contribution in [0.3, 0.4) is 0 Å². The fraction of sp³-hybridized carbons (Fsp3) is 0.222. The van der Waals surface area contributed by atoms with E-state index in [1.165, 1.54) is 0 Å². The van der Waals surface area contributed by atoms with Gasteiger partial charge in [0.05, 0.1) is 5.56 Å². The molecule has 70 valence electrons. The van der Waals surface area contributed by atoms with Crippen LogP contribution in [-0.2, 0) is 4.84 Å². The number of hydrogen-bond donors (Lipinski definition) is 1. The molecule has 0 atom stereocenters. The van der Waals surface area contributed by atoms with Gasteiger partial charge in [0.15, 0.2) is 0 Å². The second-order valence-corrected chi connectivity index (χ2v) is 3.13. The van der Waals surface area contributed by atoms with Crippen LogP contribution in [0.15, 0.2) is 30.3 Å². The molecule has 0 aromatic heterocycles. The highest BCUT2D eigenvalue weighted by atomic mass is 79.9. The molecule has 0 radical (unpaired) electrons. The average Bonchev–Trinajstić information content (AvgIpc) is 2.19. The lowest BCUT2D eigenvalue weighted by molar-refractivity contribution is 0.0269. The van der Waals surface area contributed by atoms with Gasteiger partial charge in [-0.1, -0.05) is 34.1 Å². The number of hydrogen-bond acceptors (Lipinski definition) is 3. The highest BCUT2D eigenvalue weighted by Crippen LogP contribution is 1.99. The van der Waals surface area contributed by atoms with Gasteiger partial charge < -0.3 is 4.84 Å². The predicted molar refractivity (Wildman–Crippen MR) is 53.7 cm³/mol. The molecule has 0 spiro atoms. The number of carbonyl (C=O) groups excluding carboxylic acids is 1. The monoisotopic (exact) mass is 243 g/mol. The van der Waals surface area contributed by atoms with E-state index in [0.29, 0.717) is 12.1 Å². The lowest BCUT2D eigenvalue weighted by Gasteiger charge is -2.02. The van der Waals surface area contributed by atoms with E-state index >= 15 is 0 Å². The van der Waals surface area contributed by atoms with Gasteiger partial charge in [-0.3, -0.25) is 0 Å². The first-order valence-electron chi connectivity index (χ1n) is 3.89. The van der Waals surface area contributed by atoms with Crippen LogP contribution >= 0.6 is 15.9 Å². The van der Waals surface area contributed by atoms with Gasteiger partial charge in [-0.25, -0.2) is 4.79 Å². The smallest absolute Gasteiger partial charge is 0.356 e. The third kappa shape index (κ3) is 3.57. The van der Waals surface area contributed by atoms with Crippen molar-refractivity contribution in [2.75, 3.05) is 11.9 Å². The van der Waals surface area contributed by atoms with Gasteiger partial charge in [0, 0.05) is 11.9 Å². The molecule has 0 heterocycles. The van der Waals surface area contributed by atoms with E-state index in [9.17, 15) is 4.79 Å². The van der Waals surface area contributed by atoms with Gasteiger partial charge in [-0.05, 0) is 12.1 Å². The van der Waals surface area contributed by atoms with E-state index in [0.717, 1.165) is 5.33 Å². The summed E-state index contributed by atoms with van der Waals surface area (Å²) in [5.41, 5.74) is 3.08. The summed E-state index contributed by atoms with van der Waals surface area (Å²) in [6, 6.07) is 8.85. The molecular formula is C9H10BrNO2. The summed E-state index contributed by atoms with van der Waals surface area (Å²) in [6.07, 6.45) is 0. The van der Waals surface area contributed by atoms with Gasteiger partial charge in [0.1, 0.15) is 0 Å². The maximum absolute atomic E-state index is 11.2. The zero-order valence-corrected chi connectivity index (χ0v) is 8.58. The Balaban J connectivity index is 2.40. The fourth-order valence-electron chi connectivity index (χ4n) is 0.788. The molecule has 1 aromatic rings. The number of hydroxylamine groups is 1. The molecule has 1 N–H and O–H groups in total. The van der Waals surface area contributed by atoms with Crippen molar-refractivity contribution in [2.45, 2.75) is 0 Å². The van der Waals surface area contributed by atoms with E-state index in [4.69, 9.17) is 4.84 Å². The number of benzene rings is 1. The lowest BCUT2D eigenvalue weighted by atomic mass is 10.2. The molecule has 0 amide bonds. The molecule has 0 saturated heterocycles. The molecule has 13 heavy (non-hydrogen) atoms. The minimum Gasteiger partial charge on any atom is -0.367 e. The van der Waals surface area contributed by atoms with E-state index in [-0.39, 0.29) is 5.97 Å². The third-order valence-corrected chi connectivity index (χ3v) is 1.77. The SMILES string of the molecule is O=C(ONCCBr)c1ccccc1. The molecule has 0 aliphatic heterocycles. The van der Waals surface area contributed by atoms with Crippen LogP contribution in [-0.4, -0.2) is 17.8 Å². The highest BCUT2D eigenvalue weighted by molar-refractivity contribution is 9.09. The highest BCUT2D eigenvalue weighted by Gasteiger charge is 2.04. The van der Waals surface area contributed by atoms with E-state index < -0.39 is 0 Å². The Morgan fingerprint density at radius 1 is 1.38 bits per heavy atom. The van der Waals surface area contributed by atoms with Gasteiger partial charge >= 0.3 is 5.97 Å². The minimum atomic E-state index is -0.360. The first kappa shape index (κ1) is 10.2. The maximum atomic E-state index is 11.2. The predicted octanol–water partition coefficient (Wildman–Crippen LogP) is 1.74. The summed E-state index contributed by atoms with van der Waals surface area (Å²) in [7, 11) is 0. The number of carbonyl (C=O) groups is 1. The quantitative estimate of drug-likeness (QED) is 0.498. The second-order valence-electron chi connectivity index (χ2n) is 2.34. The molecule has 1 aromatic carbocycles. The summed E-state index contributed by atoms with van der Waals surface area (Å²) in [5.74, 6) is -0.360. The third-order valence-electron chi connectivity index (χ3n) is 1.37. The van der Waals surface area contributed by atoms with Crippen LogP contribution < -0.4 is 5.48 Å². The Labute approximate surface area is 85.2 Å². The topological polar surface area (TPSA) is 38.3 Å². The van der Waals surface area contributed by atoms with Crippen molar-refractivity contribution in [3.05, 3.63) is 35.9 Å². The summed E-state index contributed by atoms with van der Waals surface area (Å²) in [6.45, 7) is 0.596. The molecule has 0 aliphatic carbocycles.